The maximum absolute atomic E-state index is 11.3. The fourth-order valence-corrected chi connectivity index (χ4v) is 1.24. The largest absolute Gasteiger partial charge is 0.682 e. The second-order valence-corrected chi connectivity index (χ2v) is 4.98. The summed E-state index contributed by atoms with van der Waals surface area (Å²) in [4.78, 5) is 3.74. The number of ether oxygens (including phenoxy) is 1. The maximum Gasteiger partial charge on any atom is 0 e. The van der Waals surface area contributed by atoms with E-state index >= 15 is 0 Å². The SMILES string of the molecule is C.Cc1ccc(C[CH-]N=C([O-])OC(C)(C)C)cc1.[Y]. The summed E-state index contributed by atoms with van der Waals surface area (Å²) < 4.78 is 5.06. The van der Waals surface area contributed by atoms with Gasteiger partial charge in [-0.1, -0.05) is 70.0 Å². The first-order valence-corrected chi connectivity index (χ1v) is 5.68. The molecule has 0 atom stereocenters. The number of benzene rings is 1. The zero-order valence-electron chi connectivity index (χ0n) is 11.4. The molecule has 0 aliphatic heterocycles. The molecule has 0 N–H and O–H groups in total. The number of hydrogen-bond donors (Lipinski definition) is 0. The molecule has 0 saturated carbocycles. The van der Waals surface area contributed by atoms with Gasteiger partial charge in [0.05, 0.1) is 0 Å². The third kappa shape index (κ3) is 9.97. The first kappa shape index (κ1) is 20.8. The maximum atomic E-state index is 11.3. The van der Waals surface area contributed by atoms with Gasteiger partial charge in [-0.2, -0.15) is 0 Å². The first-order chi connectivity index (χ1) is 7.87. The van der Waals surface area contributed by atoms with Gasteiger partial charge in [-0.25, -0.2) is 0 Å². The van der Waals surface area contributed by atoms with E-state index in [0.717, 1.165) is 5.56 Å². The minimum atomic E-state index is -0.537. The Kier molecular flexibility index (Phi) is 10.3. The molecular weight excluding hydrogens is 315 g/mol. The van der Waals surface area contributed by atoms with E-state index in [1.165, 1.54) is 5.56 Å². The van der Waals surface area contributed by atoms with Crippen LogP contribution in [0.3, 0.4) is 0 Å². The van der Waals surface area contributed by atoms with Crippen molar-refractivity contribution in [3.8, 4) is 0 Å². The molecule has 1 radical (unpaired) electrons. The van der Waals surface area contributed by atoms with Crippen LogP contribution in [0.2, 0.25) is 0 Å². The summed E-state index contributed by atoms with van der Waals surface area (Å²) >= 11 is 0. The average molecular weight is 338 g/mol. The molecule has 0 spiro atoms. The molecule has 0 saturated heterocycles. The van der Waals surface area contributed by atoms with Crippen LogP contribution in [0.4, 0.5) is 0 Å². The Morgan fingerprint density at radius 3 is 2.26 bits per heavy atom. The Bertz CT molecular complexity index is 380. The molecule has 1 aromatic rings. The van der Waals surface area contributed by atoms with E-state index in [0.29, 0.717) is 6.42 Å². The molecule has 0 aliphatic carbocycles. The van der Waals surface area contributed by atoms with E-state index < -0.39 is 11.7 Å². The normalized spacial score (nSPS) is 11.1. The summed E-state index contributed by atoms with van der Waals surface area (Å²) in [7, 11) is 0. The molecule has 19 heavy (non-hydrogen) atoms. The molecule has 0 aromatic heterocycles. The van der Waals surface area contributed by atoms with Crippen molar-refractivity contribution in [3.63, 3.8) is 0 Å². The van der Waals surface area contributed by atoms with Gasteiger partial charge in [0.1, 0.15) is 0 Å². The van der Waals surface area contributed by atoms with Crippen molar-refractivity contribution in [1.82, 2.24) is 0 Å². The van der Waals surface area contributed by atoms with Gasteiger partial charge in [-0.15, -0.1) is 6.54 Å². The number of rotatable bonds is 3. The quantitative estimate of drug-likeness (QED) is 0.483. The molecule has 1 rings (SSSR count). The van der Waals surface area contributed by atoms with Crippen LogP contribution in [0.25, 0.3) is 0 Å². The van der Waals surface area contributed by atoms with Crippen LogP contribution in [-0.4, -0.2) is 11.7 Å². The van der Waals surface area contributed by atoms with Crippen molar-refractivity contribution in [3.05, 3.63) is 41.9 Å². The van der Waals surface area contributed by atoms with E-state index in [2.05, 4.69) is 4.99 Å². The first-order valence-electron chi connectivity index (χ1n) is 5.68. The average Bonchev–Trinajstić information content (AvgIpc) is 2.18. The number of hydrogen-bond acceptors (Lipinski definition) is 3. The zero-order chi connectivity index (χ0) is 12.9. The van der Waals surface area contributed by atoms with Gasteiger partial charge in [-0.3, -0.25) is 0 Å². The Labute approximate surface area is 142 Å². The summed E-state index contributed by atoms with van der Waals surface area (Å²) in [6, 6.07) is 8.13. The predicted molar refractivity (Wildman–Crippen MR) is 74.2 cm³/mol. The van der Waals surface area contributed by atoms with Gasteiger partial charge in [0.2, 0.25) is 0 Å². The Hall–Kier alpha value is -0.536. The summed E-state index contributed by atoms with van der Waals surface area (Å²) in [6.07, 6.45) is 0.101. The standard InChI is InChI=1S/C14H20NO2.CH4.Y/c1-11-5-7-12(8-6-11)9-10-15-13(16)17-14(2,3)4;;/h5-8,10H,9H2,1-4H3,(H,15,16);1H4;/q-1;;/p-1. The molecular formula is C15H23NO2Y-2. The van der Waals surface area contributed by atoms with Crippen molar-refractivity contribution in [2.24, 2.45) is 4.99 Å². The van der Waals surface area contributed by atoms with Crippen LogP contribution in [0.15, 0.2) is 29.3 Å². The van der Waals surface area contributed by atoms with Crippen molar-refractivity contribution in [2.45, 2.75) is 47.1 Å². The number of aryl methyl sites for hydroxylation is 1. The third-order valence-electron chi connectivity index (χ3n) is 2.04. The molecule has 0 aliphatic rings. The smallest absolute Gasteiger partial charge is 0 e. The van der Waals surface area contributed by atoms with E-state index in [-0.39, 0.29) is 40.1 Å². The second-order valence-electron chi connectivity index (χ2n) is 4.98. The molecule has 0 amide bonds. The predicted octanol–water partition coefficient (Wildman–Crippen LogP) is 2.86. The van der Waals surface area contributed by atoms with Crippen LogP contribution in [-0.2, 0) is 43.9 Å². The van der Waals surface area contributed by atoms with Crippen LogP contribution >= 0.6 is 0 Å². The Morgan fingerprint density at radius 2 is 1.79 bits per heavy atom. The molecule has 0 unspecified atom stereocenters. The fraction of sp³-hybridized carbons (Fsp3) is 0.467. The molecule has 4 heteroatoms. The van der Waals surface area contributed by atoms with Crippen LogP contribution in [0.1, 0.15) is 39.3 Å². The molecule has 0 bridgehead atoms. The summed E-state index contributed by atoms with van der Waals surface area (Å²) in [5, 5.41) is 11.3. The van der Waals surface area contributed by atoms with E-state index in [4.69, 9.17) is 4.74 Å². The summed E-state index contributed by atoms with van der Waals surface area (Å²) in [5.74, 6) is 0. The van der Waals surface area contributed by atoms with Crippen LogP contribution in [0, 0.1) is 13.5 Å². The van der Waals surface area contributed by atoms with Gasteiger partial charge in [0, 0.05) is 32.7 Å². The van der Waals surface area contributed by atoms with Crippen LogP contribution < -0.4 is 5.11 Å². The topological polar surface area (TPSA) is 44.7 Å². The minimum absolute atomic E-state index is 0. The molecule has 0 fully saturated rings. The summed E-state index contributed by atoms with van der Waals surface area (Å²) in [5.41, 5.74) is 1.86. The van der Waals surface area contributed by atoms with Crippen LogP contribution in [0.5, 0.6) is 0 Å². The van der Waals surface area contributed by atoms with Crippen molar-refractivity contribution in [2.75, 3.05) is 0 Å². The molecule has 105 valence electrons. The van der Waals surface area contributed by atoms with Gasteiger partial charge in [0.25, 0.3) is 0 Å². The molecule has 3 nitrogen and oxygen atoms in total. The fourth-order valence-electron chi connectivity index (χ4n) is 1.24. The van der Waals surface area contributed by atoms with Crippen molar-refractivity contribution in [1.29, 1.82) is 0 Å². The van der Waals surface area contributed by atoms with Gasteiger partial charge in [-0.05, 0) is 18.6 Å². The van der Waals surface area contributed by atoms with Gasteiger partial charge < -0.3 is 14.8 Å². The molecule has 0 heterocycles. The van der Waals surface area contributed by atoms with Crippen molar-refractivity contribution >= 4 is 6.08 Å². The van der Waals surface area contributed by atoms with Gasteiger partial charge in [0.15, 0.2) is 0 Å². The minimum Gasteiger partial charge on any atom is -0.682 e. The monoisotopic (exact) mass is 338 g/mol. The van der Waals surface area contributed by atoms with Crippen molar-refractivity contribution < 1.29 is 42.6 Å². The van der Waals surface area contributed by atoms with Gasteiger partial charge >= 0.3 is 0 Å². The summed E-state index contributed by atoms with van der Waals surface area (Å²) in [6.45, 7) is 9.08. The Morgan fingerprint density at radius 1 is 1.26 bits per heavy atom. The van der Waals surface area contributed by atoms with E-state index in [9.17, 15) is 5.11 Å². The van der Waals surface area contributed by atoms with E-state index in [1.54, 1.807) is 6.54 Å². The third-order valence-corrected chi connectivity index (χ3v) is 2.04. The Balaban J connectivity index is 0. The second kappa shape index (κ2) is 9.38. The number of nitrogens with zero attached hydrogens (tertiary/aromatic N) is 1. The molecule has 1 aromatic carbocycles. The zero-order valence-corrected chi connectivity index (χ0v) is 14.3. The van der Waals surface area contributed by atoms with E-state index in [1.807, 2.05) is 52.0 Å². The number of aliphatic imine (C=N–C) groups is 1.